The number of benzene rings is 1. The number of rotatable bonds is 7. The van der Waals surface area contributed by atoms with Crippen LogP contribution in [0, 0.1) is 0 Å². The first kappa shape index (κ1) is 19.0. The van der Waals surface area contributed by atoms with Crippen molar-refractivity contribution in [2.24, 2.45) is 0 Å². The number of fused-ring (bicyclic) bond motifs is 1. The number of aromatic amines is 1. The Labute approximate surface area is 168 Å². The first-order valence-electron chi connectivity index (χ1n) is 9.51. The Hall–Kier alpha value is -3.30. The molecule has 1 unspecified atom stereocenters. The van der Waals surface area contributed by atoms with Crippen LogP contribution in [0.2, 0.25) is 0 Å². The van der Waals surface area contributed by atoms with Gasteiger partial charge >= 0.3 is 0 Å². The van der Waals surface area contributed by atoms with Crippen LogP contribution in [0.1, 0.15) is 21.6 Å². The zero-order chi connectivity index (χ0) is 20.1. The molecule has 9 heteroatoms. The van der Waals surface area contributed by atoms with Crippen molar-refractivity contribution in [2.75, 3.05) is 25.0 Å². The van der Waals surface area contributed by atoms with E-state index in [0.717, 1.165) is 19.5 Å². The molecule has 2 aromatic heterocycles. The lowest BCUT2D eigenvalue weighted by atomic mass is 10.00. The lowest BCUT2D eigenvalue weighted by molar-refractivity contribution is 0.0838. The molecule has 4 rings (SSSR count). The lowest BCUT2D eigenvalue weighted by Gasteiger charge is -2.30. The van der Waals surface area contributed by atoms with E-state index in [4.69, 9.17) is 0 Å². The maximum absolute atomic E-state index is 12.4. The molecule has 9 nitrogen and oxygen atoms in total. The number of aliphatic hydroxyl groups excluding tert-OH is 1. The molecule has 4 N–H and O–H groups in total. The zero-order valence-electron chi connectivity index (χ0n) is 15.9. The molecule has 0 spiro atoms. The summed E-state index contributed by atoms with van der Waals surface area (Å²) in [6, 6.07) is 11.7. The first-order valence-corrected chi connectivity index (χ1v) is 9.51. The van der Waals surface area contributed by atoms with Crippen LogP contribution in [-0.4, -0.2) is 61.8 Å². The number of nitrogens with zero attached hydrogens (tertiary/aromatic N) is 4. The third-order valence-electron chi connectivity index (χ3n) is 4.84. The van der Waals surface area contributed by atoms with Crippen LogP contribution < -0.4 is 10.6 Å². The van der Waals surface area contributed by atoms with Crippen molar-refractivity contribution < 1.29 is 9.90 Å². The Bertz CT molecular complexity index is 961. The van der Waals surface area contributed by atoms with E-state index in [2.05, 4.69) is 53.9 Å². The molecule has 150 valence electrons. The Kier molecular flexibility index (Phi) is 5.78. The summed E-state index contributed by atoms with van der Waals surface area (Å²) < 4.78 is 0. The highest BCUT2D eigenvalue weighted by atomic mass is 16.3. The second kappa shape index (κ2) is 8.80. The number of H-pyrrole nitrogens is 1. The van der Waals surface area contributed by atoms with Gasteiger partial charge in [-0.15, -0.1) is 0 Å². The molecule has 1 aliphatic heterocycles. The van der Waals surface area contributed by atoms with Crippen molar-refractivity contribution in [1.29, 1.82) is 0 Å². The largest absolute Gasteiger partial charge is 0.390 e. The molecule has 3 aromatic rings. The van der Waals surface area contributed by atoms with Crippen LogP contribution >= 0.6 is 0 Å². The molecule has 0 saturated heterocycles. The van der Waals surface area contributed by atoms with Crippen molar-refractivity contribution in [3.63, 3.8) is 0 Å². The van der Waals surface area contributed by atoms with Gasteiger partial charge in [-0.05, 0) is 17.5 Å². The van der Waals surface area contributed by atoms with Crippen LogP contribution in [-0.2, 0) is 13.0 Å². The molecule has 1 aromatic carbocycles. The average Bonchev–Trinajstić information content (AvgIpc) is 3.25. The second-order valence-electron chi connectivity index (χ2n) is 7.00. The van der Waals surface area contributed by atoms with E-state index in [9.17, 15) is 9.90 Å². The number of carbonyl (C=O) groups excluding carboxylic acids is 1. The summed E-state index contributed by atoms with van der Waals surface area (Å²) in [4.78, 5) is 22.7. The van der Waals surface area contributed by atoms with Gasteiger partial charge in [-0.1, -0.05) is 24.3 Å². The minimum absolute atomic E-state index is 0.157. The summed E-state index contributed by atoms with van der Waals surface area (Å²) in [6.45, 7) is 2.38. The number of carbonyl (C=O) groups is 1. The highest BCUT2D eigenvalue weighted by Gasteiger charge is 2.19. The Morgan fingerprint density at radius 3 is 2.93 bits per heavy atom. The number of hydrogen-bond donors (Lipinski definition) is 4. The zero-order valence-corrected chi connectivity index (χ0v) is 15.9. The van der Waals surface area contributed by atoms with E-state index >= 15 is 0 Å². The molecule has 0 saturated carbocycles. The molecule has 0 bridgehead atoms. The molecule has 0 aliphatic carbocycles. The summed E-state index contributed by atoms with van der Waals surface area (Å²) in [5.74, 6) is 0.776. The molecular weight excluding hydrogens is 370 g/mol. The van der Waals surface area contributed by atoms with Crippen molar-refractivity contribution in [3.05, 3.63) is 65.7 Å². The summed E-state index contributed by atoms with van der Waals surface area (Å²) in [5, 5.41) is 22.7. The van der Waals surface area contributed by atoms with Crippen LogP contribution in [0.25, 0.3) is 0 Å². The van der Waals surface area contributed by atoms with Gasteiger partial charge in [0.15, 0.2) is 0 Å². The minimum Gasteiger partial charge on any atom is -0.390 e. The third kappa shape index (κ3) is 4.95. The predicted octanol–water partition coefficient (Wildman–Crippen LogP) is 1.09. The van der Waals surface area contributed by atoms with E-state index in [0.29, 0.717) is 18.2 Å². The van der Waals surface area contributed by atoms with E-state index in [1.807, 2.05) is 6.07 Å². The fourth-order valence-electron chi connectivity index (χ4n) is 3.39. The van der Waals surface area contributed by atoms with Gasteiger partial charge in [-0.2, -0.15) is 5.10 Å². The maximum atomic E-state index is 12.4. The van der Waals surface area contributed by atoms with Gasteiger partial charge in [0, 0.05) is 38.3 Å². The molecular formula is C20H23N7O2. The molecule has 1 aliphatic rings. The van der Waals surface area contributed by atoms with E-state index in [1.54, 1.807) is 18.3 Å². The normalized spacial score (nSPS) is 14.8. The standard InChI is InChI=1S/C20H23N7O2/c28-16(12-27-8-6-14-3-1-2-4-15(14)11-27)10-21-20(29)17-9-19(23-13-22-17)25-18-5-7-24-26-18/h1-5,7,9,13,16,28H,6,8,10-12H2,(H,21,29)(H2,22,23,24,25,26). The van der Waals surface area contributed by atoms with Gasteiger partial charge in [-0.3, -0.25) is 14.8 Å². The summed E-state index contributed by atoms with van der Waals surface area (Å²) in [5.41, 5.74) is 2.89. The molecule has 1 atom stereocenters. The molecule has 0 radical (unpaired) electrons. The van der Waals surface area contributed by atoms with E-state index in [-0.39, 0.29) is 18.1 Å². The molecule has 3 heterocycles. The molecule has 29 heavy (non-hydrogen) atoms. The lowest BCUT2D eigenvalue weighted by Crippen LogP contribution is -2.42. The van der Waals surface area contributed by atoms with Crippen LogP contribution in [0.3, 0.4) is 0 Å². The summed E-state index contributed by atoms with van der Waals surface area (Å²) in [6.07, 6.45) is 3.24. The smallest absolute Gasteiger partial charge is 0.270 e. The predicted molar refractivity (Wildman–Crippen MR) is 108 cm³/mol. The van der Waals surface area contributed by atoms with Gasteiger partial charge < -0.3 is 15.7 Å². The van der Waals surface area contributed by atoms with Crippen molar-refractivity contribution in [2.45, 2.75) is 19.1 Å². The number of hydrogen-bond acceptors (Lipinski definition) is 7. The van der Waals surface area contributed by atoms with Gasteiger partial charge in [0.1, 0.15) is 23.7 Å². The van der Waals surface area contributed by atoms with E-state index < -0.39 is 6.10 Å². The molecule has 1 amide bonds. The van der Waals surface area contributed by atoms with Crippen LogP contribution in [0.5, 0.6) is 0 Å². The van der Waals surface area contributed by atoms with Gasteiger partial charge in [0.25, 0.3) is 5.91 Å². The van der Waals surface area contributed by atoms with Crippen molar-refractivity contribution in [1.82, 2.24) is 30.4 Å². The third-order valence-corrected chi connectivity index (χ3v) is 4.84. The van der Waals surface area contributed by atoms with Gasteiger partial charge in [0.2, 0.25) is 0 Å². The Morgan fingerprint density at radius 2 is 2.10 bits per heavy atom. The Morgan fingerprint density at radius 1 is 1.24 bits per heavy atom. The fraction of sp³-hybridized carbons (Fsp3) is 0.300. The number of nitrogens with one attached hydrogen (secondary N) is 3. The summed E-state index contributed by atoms with van der Waals surface area (Å²) >= 11 is 0. The van der Waals surface area contributed by atoms with Crippen LogP contribution in [0.4, 0.5) is 11.6 Å². The number of β-amino-alcohol motifs (C(OH)–C–C–N with tert-alkyl or cyclic N) is 1. The van der Waals surface area contributed by atoms with Crippen molar-refractivity contribution >= 4 is 17.5 Å². The fourth-order valence-corrected chi connectivity index (χ4v) is 3.39. The quantitative estimate of drug-likeness (QED) is 0.474. The van der Waals surface area contributed by atoms with E-state index in [1.165, 1.54) is 17.5 Å². The number of aliphatic hydroxyl groups is 1. The maximum Gasteiger partial charge on any atom is 0.270 e. The Balaban J connectivity index is 1.27. The highest BCUT2D eigenvalue weighted by Crippen LogP contribution is 2.18. The highest BCUT2D eigenvalue weighted by molar-refractivity contribution is 5.92. The number of anilines is 2. The minimum atomic E-state index is -0.659. The SMILES string of the molecule is O=C(NCC(O)CN1CCc2ccccc2C1)c1cc(Nc2ccn[nH]2)ncn1. The second-order valence-corrected chi connectivity index (χ2v) is 7.00. The number of aromatic nitrogens is 4. The summed E-state index contributed by atoms with van der Waals surface area (Å²) in [7, 11) is 0. The van der Waals surface area contributed by atoms with Crippen molar-refractivity contribution in [3.8, 4) is 0 Å². The monoisotopic (exact) mass is 393 g/mol. The number of amides is 1. The van der Waals surface area contributed by atoms with Gasteiger partial charge in [-0.25, -0.2) is 9.97 Å². The molecule has 0 fully saturated rings. The first-order chi connectivity index (χ1) is 14.2. The topological polar surface area (TPSA) is 119 Å². The van der Waals surface area contributed by atoms with Crippen LogP contribution in [0.15, 0.2) is 48.9 Å². The van der Waals surface area contributed by atoms with Gasteiger partial charge in [0.05, 0.1) is 12.3 Å². The average molecular weight is 393 g/mol.